The first-order valence-corrected chi connectivity index (χ1v) is 6.16. The summed E-state index contributed by atoms with van der Waals surface area (Å²) >= 11 is 0. The molecule has 1 aliphatic carbocycles. The fourth-order valence-electron chi connectivity index (χ4n) is 2.95. The van der Waals surface area contributed by atoms with E-state index in [1.165, 1.54) is 31.4 Å². The molecule has 0 atom stereocenters. The summed E-state index contributed by atoms with van der Waals surface area (Å²) in [6.07, 6.45) is 6.95. The van der Waals surface area contributed by atoms with E-state index >= 15 is 0 Å². The Balaban J connectivity index is 2.03. The van der Waals surface area contributed by atoms with Gasteiger partial charge in [0.25, 0.3) is 0 Å². The van der Waals surface area contributed by atoms with Crippen LogP contribution in [0.5, 0.6) is 0 Å². The number of hydrogen-bond donors (Lipinski definition) is 1. The van der Waals surface area contributed by atoms with Crippen LogP contribution in [0.15, 0.2) is 0 Å². The Labute approximate surface area is 95.0 Å². The molecule has 1 N–H and O–H groups in total. The molecule has 1 aromatic heterocycles. The van der Waals surface area contributed by atoms with Crippen LogP contribution in [-0.2, 0) is 13.0 Å². The highest BCUT2D eigenvalue weighted by molar-refractivity contribution is 5.74. The van der Waals surface area contributed by atoms with Crippen LogP contribution in [0.2, 0.25) is 0 Å². The van der Waals surface area contributed by atoms with Gasteiger partial charge in [-0.1, -0.05) is 12.8 Å². The summed E-state index contributed by atoms with van der Waals surface area (Å²) < 4.78 is 2.15. The third-order valence-corrected chi connectivity index (χ3v) is 3.77. The average molecular weight is 219 g/mol. The third-order valence-electron chi connectivity index (χ3n) is 3.77. The number of nitrogens with one attached hydrogen (secondary N) is 1. The van der Waals surface area contributed by atoms with Crippen molar-refractivity contribution in [2.45, 2.75) is 44.7 Å². The lowest BCUT2D eigenvalue weighted by atomic mass is 10.1. The van der Waals surface area contributed by atoms with Gasteiger partial charge in [0, 0.05) is 30.8 Å². The van der Waals surface area contributed by atoms with Crippen molar-refractivity contribution in [3.8, 4) is 0 Å². The summed E-state index contributed by atoms with van der Waals surface area (Å²) in [4.78, 5) is 11.0. The number of nitrogens with zero attached hydrogens (tertiary/aromatic N) is 2. The Morgan fingerprint density at radius 3 is 2.94 bits per heavy atom. The summed E-state index contributed by atoms with van der Waals surface area (Å²) in [5.74, 6) is 0. The molecule has 1 aliphatic heterocycles. The van der Waals surface area contributed by atoms with Gasteiger partial charge in [0.15, 0.2) is 6.29 Å². The molecule has 0 radical (unpaired) electrons. The Morgan fingerprint density at radius 1 is 1.38 bits per heavy atom. The van der Waals surface area contributed by atoms with E-state index in [1.54, 1.807) is 0 Å². The van der Waals surface area contributed by atoms with Gasteiger partial charge in [0.2, 0.25) is 0 Å². The second-order valence-corrected chi connectivity index (χ2v) is 4.74. The van der Waals surface area contributed by atoms with Crippen LogP contribution >= 0.6 is 0 Å². The fraction of sp³-hybridized carbons (Fsp3) is 0.667. The second-order valence-electron chi connectivity index (χ2n) is 4.74. The van der Waals surface area contributed by atoms with Crippen molar-refractivity contribution in [2.24, 2.45) is 0 Å². The van der Waals surface area contributed by atoms with Crippen LogP contribution in [0, 0.1) is 0 Å². The van der Waals surface area contributed by atoms with Crippen molar-refractivity contribution in [2.75, 3.05) is 6.54 Å². The van der Waals surface area contributed by atoms with Gasteiger partial charge in [-0.2, -0.15) is 5.10 Å². The zero-order chi connectivity index (χ0) is 11.0. The predicted molar refractivity (Wildman–Crippen MR) is 60.5 cm³/mol. The molecule has 0 spiro atoms. The number of rotatable bonds is 2. The molecule has 1 aromatic rings. The van der Waals surface area contributed by atoms with E-state index in [0.29, 0.717) is 11.7 Å². The SMILES string of the molecule is O=Cc1nn(C2CCCC2)c2c1CNCC2. The topological polar surface area (TPSA) is 46.9 Å². The van der Waals surface area contributed by atoms with E-state index in [0.717, 1.165) is 31.4 Å². The first-order chi connectivity index (χ1) is 7.90. The van der Waals surface area contributed by atoms with E-state index in [2.05, 4.69) is 15.1 Å². The molecule has 16 heavy (non-hydrogen) atoms. The van der Waals surface area contributed by atoms with E-state index in [1.807, 2.05) is 0 Å². The molecule has 0 aromatic carbocycles. The molecular formula is C12H17N3O. The highest BCUT2D eigenvalue weighted by Gasteiger charge is 2.26. The minimum absolute atomic E-state index is 0.542. The molecule has 1 saturated carbocycles. The van der Waals surface area contributed by atoms with Crippen molar-refractivity contribution in [3.63, 3.8) is 0 Å². The van der Waals surface area contributed by atoms with Crippen LogP contribution in [0.4, 0.5) is 0 Å². The van der Waals surface area contributed by atoms with Crippen molar-refractivity contribution in [1.82, 2.24) is 15.1 Å². The zero-order valence-corrected chi connectivity index (χ0v) is 9.41. The van der Waals surface area contributed by atoms with Crippen LogP contribution in [0.25, 0.3) is 0 Å². The number of aromatic nitrogens is 2. The largest absolute Gasteiger partial charge is 0.312 e. The van der Waals surface area contributed by atoms with Gasteiger partial charge in [-0.25, -0.2) is 0 Å². The molecule has 86 valence electrons. The molecule has 0 bridgehead atoms. The van der Waals surface area contributed by atoms with E-state index in [9.17, 15) is 4.79 Å². The molecule has 2 heterocycles. The highest BCUT2D eigenvalue weighted by atomic mass is 16.1. The number of carbonyl (C=O) groups excluding carboxylic acids is 1. The number of carbonyl (C=O) groups is 1. The first kappa shape index (κ1) is 10.0. The maximum absolute atomic E-state index is 11.0. The highest BCUT2D eigenvalue weighted by Crippen LogP contribution is 2.32. The van der Waals surface area contributed by atoms with Gasteiger partial charge in [0.1, 0.15) is 5.69 Å². The van der Waals surface area contributed by atoms with Crippen molar-refractivity contribution in [3.05, 3.63) is 17.0 Å². The minimum atomic E-state index is 0.542. The van der Waals surface area contributed by atoms with E-state index in [-0.39, 0.29) is 0 Å². The van der Waals surface area contributed by atoms with Gasteiger partial charge >= 0.3 is 0 Å². The summed E-state index contributed by atoms with van der Waals surface area (Å²) in [7, 11) is 0. The van der Waals surface area contributed by atoms with Crippen molar-refractivity contribution < 1.29 is 4.79 Å². The Hall–Kier alpha value is -1.16. The summed E-state index contributed by atoms with van der Waals surface area (Å²) in [5.41, 5.74) is 3.08. The molecular weight excluding hydrogens is 202 g/mol. The van der Waals surface area contributed by atoms with Gasteiger partial charge in [-0.15, -0.1) is 0 Å². The number of aldehydes is 1. The van der Waals surface area contributed by atoms with Crippen LogP contribution in [0.3, 0.4) is 0 Å². The summed E-state index contributed by atoms with van der Waals surface area (Å²) in [6.45, 7) is 1.81. The maximum Gasteiger partial charge on any atom is 0.170 e. The molecule has 2 aliphatic rings. The molecule has 3 rings (SSSR count). The standard InChI is InChI=1S/C12H17N3O/c16-8-11-10-7-13-6-5-12(10)15(14-11)9-3-1-2-4-9/h8-9,13H,1-7H2. The van der Waals surface area contributed by atoms with Gasteiger partial charge in [-0.05, 0) is 12.8 Å². The van der Waals surface area contributed by atoms with E-state index in [4.69, 9.17) is 0 Å². The lowest BCUT2D eigenvalue weighted by Crippen LogP contribution is -2.25. The monoisotopic (exact) mass is 219 g/mol. The molecule has 4 heteroatoms. The molecule has 4 nitrogen and oxygen atoms in total. The van der Waals surface area contributed by atoms with Crippen LogP contribution < -0.4 is 5.32 Å². The van der Waals surface area contributed by atoms with Crippen LogP contribution in [0.1, 0.15) is 53.5 Å². The zero-order valence-electron chi connectivity index (χ0n) is 9.41. The normalized spacial score (nSPS) is 21.0. The molecule has 0 amide bonds. The Kier molecular flexibility index (Phi) is 2.52. The lowest BCUT2D eigenvalue weighted by Gasteiger charge is -2.18. The quantitative estimate of drug-likeness (QED) is 0.766. The van der Waals surface area contributed by atoms with Gasteiger partial charge in [0.05, 0.1) is 6.04 Å². The number of fused-ring (bicyclic) bond motifs is 1. The number of hydrogen-bond acceptors (Lipinski definition) is 3. The average Bonchev–Trinajstić information content (AvgIpc) is 2.95. The van der Waals surface area contributed by atoms with E-state index < -0.39 is 0 Å². The Morgan fingerprint density at radius 2 is 2.19 bits per heavy atom. The first-order valence-electron chi connectivity index (χ1n) is 6.16. The van der Waals surface area contributed by atoms with Crippen LogP contribution in [-0.4, -0.2) is 22.6 Å². The van der Waals surface area contributed by atoms with Gasteiger partial charge in [-0.3, -0.25) is 9.48 Å². The van der Waals surface area contributed by atoms with Gasteiger partial charge < -0.3 is 5.32 Å². The predicted octanol–water partition coefficient (Wildman–Crippen LogP) is 1.46. The maximum atomic E-state index is 11.0. The van der Waals surface area contributed by atoms with Crippen molar-refractivity contribution in [1.29, 1.82) is 0 Å². The smallest absolute Gasteiger partial charge is 0.170 e. The second kappa shape index (κ2) is 4.01. The minimum Gasteiger partial charge on any atom is -0.312 e. The lowest BCUT2D eigenvalue weighted by molar-refractivity contribution is 0.111. The molecule has 1 fully saturated rings. The summed E-state index contributed by atoms with van der Waals surface area (Å²) in [6, 6.07) is 0.542. The fourth-order valence-corrected chi connectivity index (χ4v) is 2.95. The molecule has 0 saturated heterocycles. The Bertz CT molecular complexity index is 405. The summed E-state index contributed by atoms with van der Waals surface area (Å²) in [5, 5.41) is 7.81. The third kappa shape index (κ3) is 1.48. The molecule has 0 unspecified atom stereocenters. The van der Waals surface area contributed by atoms with Crippen molar-refractivity contribution >= 4 is 6.29 Å².